The van der Waals surface area contributed by atoms with Crippen LogP contribution in [0.3, 0.4) is 0 Å². The number of aromatic amines is 1. The van der Waals surface area contributed by atoms with Gasteiger partial charge in [0.2, 0.25) is 5.13 Å². The van der Waals surface area contributed by atoms with Crippen molar-refractivity contribution in [1.29, 1.82) is 0 Å². The quantitative estimate of drug-likeness (QED) is 0.891. The van der Waals surface area contributed by atoms with Crippen LogP contribution in [-0.4, -0.2) is 38.4 Å². The first-order valence-corrected chi connectivity index (χ1v) is 9.43. The third-order valence-corrected chi connectivity index (χ3v) is 5.99. The first kappa shape index (κ1) is 15.6. The van der Waals surface area contributed by atoms with Gasteiger partial charge in [-0.3, -0.25) is 10.4 Å². The standard InChI is InChI=1S/C16H22N6OS/c1-22(9-13-11-7-2-3-8-12(11)18-19-13)16(23)17-15-21-20-14(24-15)10-5-4-6-10/h10H,2-9H2,1H3,(H,18,19)(H,17,21,23). The summed E-state index contributed by atoms with van der Waals surface area (Å²) < 4.78 is 0. The molecule has 0 spiro atoms. The molecule has 1 saturated carbocycles. The highest BCUT2D eigenvalue weighted by molar-refractivity contribution is 7.15. The van der Waals surface area contributed by atoms with Crippen LogP contribution in [0.1, 0.15) is 60.0 Å². The van der Waals surface area contributed by atoms with Crippen LogP contribution in [0.25, 0.3) is 0 Å². The SMILES string of the molecule is CN(Cc1n[nH]c2c1CCCC2)C(=O)Nc1nnc(C2CCC2)s1. The molecule has 7 nitrogen and oxygen atoms in total. The van der Waals surface area contributed by atoms with Gasteiger partial charge in [-0.05, 0) is 44.1 Å². The fourth-order valence-corrected chi connectivity index (χ4v) is 4.17. The van der Waals surface area contributed by atoms with E-state index in [0.717, 1.165) is 23.5 Å². The van der Waals surface area contributed by atoms with E-state index in [1.807, 2.05) is 0 Å². The number of rotatable bonds is 4. The highest BCUT2D eigenvalue weighted by Crippen LogP contribution is 2.38. The minimum atomic E-state index is -0.168. The molecule has 0 aliphatic heterocycles. The smallest absolute Gasteiger partial charge is 0.322 e. The predicted molar refractivity (Wildman–Crippen MR) is 92.2 cm³/mol. The Morgan fingerprint density at radius 2 is 2.12 bits per heavy atom. The third-order valence-electron chi connectivity index (χ3n) is 4.98. The molecule has 128 valence electrons. The van der Waals surface area contributed by atoms with Gasteiger partial charge in [-0.25, -0.2) is 4.79 Å². The highest BCUT2D eigenvalue weighted by atomic mass is 32.1. The number of amides is 2. The van der Waals surface area contributed by atoms with Gasteiger partial charge in [-0.2, -0.15) is 5.10 Å². The van der Waals surface area contributed by atoms with Crippen LogP contribution in [0.5, 0.6) is 0 Å². The number of nitrogens with one attached hydrogen (secondary N) is 2. The number of nitrogens with zero attached hydrogens (tertiary/aromatic N) is 4. The molecule has 2 aromatic rings. The maximum absolute atomic E-state index is 12.4. The molecule has 0 bridgehead atoms. The lowest BCUT2D eigenvalue weighted by Crippen LogP contribution is -2.31. The molecule has 0 unspecified atom stereocenters. The number of aryl methyl sites for hydroxylation is 1. The maximum atomic E-state index is 12.4. The van der Waals surface area contributed by atoms with Crippen LogP contribution < -0.4 is 5.32 Å². The van der Waals surface area contributed by atoms with Gasteiger partial charge in [0.1, 0.15) is 5.01 Å². The summed E-state index contributed by atoms with van der Waals surface area (Å²) >= 11 is 1.49. The van der Waals surface area contributed by atoms with E-state index in [1.165, 1.54) is 54.7 Å². The summed E-state index contributed by atoms with van der Waals surface area (Å²) in [5, 5.41) is 20.3. The van der Waals surface area contributed by atoms with Crippen molar-refractivity contribution in [1.82, 2.24) is 25.3 Å². The molecule has 24 heavy (non-hydrogen) atoms. The predicted octanol–water partition coefficient (Wildman–Crippen LogP) is 3.07. The molecule has 0 aromatic carbocycles. The zero-order valence-corrected chi connectivity index (χ0v) is 14.7. The number of hydrogen-bond donors (Lipinski definition) is 2. The van der Waals surface area contributed by atoms with Crippen LogP contribution in [0.2, 0.25) is 0 Å². The second kappa shape index (κ2) is 6.51. The van der Waals surface area contributed by atoms with Gasteiger partial charge in [-0.1, -0.05) is 17.8 Å². The summed E-state index contributed by atoms with van der Waals surface area (Å²) in [4.78, 5) is 14.0. The molecule has 2 aromatic heterocycles. The summed E-state index contributed by atoms with van der Waals surface area (Å²) in [6.07, 6.45) is 8.17. The van der Waals surface area contributed by atoms with Crippen LogP contribution >= 0.6 is 11.3 Å². The molecule has 1 fully saturated rings. The molecular formula is C16H22N6OS. The Morgan fingerprint density at radius 1 is 1.29 bits per heavy atom. The van der Waals surface area contributed by atoms with E-state index in [4.69, 9.17) is 0 Å². The van der Waals surface area contributed by atoms with Gasteiger partial charge < -0.3 is 4.90 Å². The topological polar surface area (TPSA) is 86.8 Å². The normalized spacial score (nSPS) is 17.2. The van der Waals surface area contributed by atoms with Crippen LogP contribution in [0, 0.1) is 0 Å². The van der Waals surface area contributed by atoms with Crippen LogP contribution in [0.4, 0.5) is 9.93 Å². The Hall–Kier alpha value is -1.96. The van der Waals surface area contributed by atoms with Crippen molar-refractivity contribution in [2.24, 2.45) is 0 Å². The van der Waals surface area contributed by atoms with E-state index in [-0.39, 0.29) is 6.03 Å². The monoisotopic (exact) mass is 346 g/mol. The molecule has 2 heterocycles. The number of carbonyl (C=O) groups is 1. The minimum absolute atomic E-state index is 0.168. The third kappa shape index (κ3) is 3.02. The van der Waals surface area contributed by atoms with Gasteiger partial charge in [0, 0.05) is 18.7 Å². The lowest BCUT2D eigenvalue weighted by atomic mass is 9.86. The number of H-pyrrole nitrogens is 1. The number of anilines is 1. The van der Waals surface area contributed by atoms with Gasteiger partial charge in [0.25, 0.3) is 0 Å². The van der Waals surface area contributed by atoms with E-state index in [0.29, 0.717) is 17.6 Å². The number of hydrogen-bond acceptors (Lipinski definition) is 5. The zero-order valence-electron chi connectivity index (χ0n) is 13.8. The Bertz CT molecular complexity index is 735. The second-order valence-corrected chi connectivity index (χ2v) is 7.70. The molecular weight excluding hydrogens is 324 g/mol. The Kier molecular flexibility index (Phi) is 4.22. The summed E-state index contributed by atoms with van der Waals surface area (Å²) in [5.41, 5.74) is 3.51. The highest BCUT2D eigenvalue weighted by Gasteiger charge is 2.24. The van der Waals surface area contributed by atoms with Crippen molar-refractivity contribution in [3.05, 3.63) is 22.0 Å². The lowest BCUT2D eigenvalue weighted by Gasteiger charge is -2.21. The van der Waals surface area contributed by atoms with Gasteiger partial charge in [0.15, 0.2) is 0 Å². The lowest BCUT2D eigenvalue weighted by molar-refractivity contribution is 0.220. The van der Waals surface area contributed by atoms with Crippen molar-refractivity contribution in [2.75, 3.05) is 12.4 Å². The van der Waals surface area contributed by atoms with Crippen molar-refractivity contribution < 1.29 is 4.79 Å². The van der Waals surface area contributed by atoms with Crippen LogP contribution in [-0.2, 0) is 19.4 Å². The molecule has 2 aliphatic rings. The number of fused-ring (bicyclic) bond motifs is 1. The fourth-order valence-electron chi connectivity index (χ4n) is 3.27. The van der Waals surface area contributed by atoms with E-state index >= 15 is 0 Å². The Morgan fingerprint density at radius 3 is 2.92 bits per heavy atom. The van der Waals surface area contributed by atoms with Gasteiger partial charge >= 0.3 is 6.03 Å². The molecule has 0 radical (unpaired) electrons. The number of aromatic nitrogens is 4. The van der Waals surface area contributed by atoms with E-state index < -0.39 is 0 Å². The molecule has 4 rings (SSSR count). The van der Waals surface area contributed by atoms with Gasteiger partial charge in [-0.15, -0.1) is 10.2 Å². The van der Waals surface area contributed by atoms with E-state index in [9.17, 15) is 4.79 Å². The van der Waals surface area contributed by atoms with E-state index in [1.54, 1.807) is 11.9 Å². The average Bonchev–Trinajstić information content (AvgIpc) is 3.13. The average molecular weight is 346 g/mol. The molecule has 2 amide bonds. The first-order valence-electron chi connectivity index (χ1n) is 8.61. The van der Waals surface area contributed by atoms with Crippen molar-refractivity contribution >= 4 is 22.5 Å². The first-order chi connectivity index (χ1) is 11.7. The maximum Gasteiger partial charge on any atom is 0.323 e. The van der Waals surface area contributed by atoms with Crippen molar-refractivity contribution in [3.63, 3.8) is 0 Å². The van der Waals surface area contributed by atoms with Crippen molar-refractivity contribution in [2.45, 2.75) is 57.4 Å². The summed E-state index contributed by atoms with van der Waals surface area (Å²) in [6, 6.07) is -0.168. The second-order valence-electron chi connectivity index (χ2n) is 6.69. The number of carbonyl (C=O) groups excluding carboxylic acids is 1. The summed E-state index contributed by atoms with van der Waals surface area (Å²) in [7, 11) is 1.78. The molecule has 2 N–H and O–H groups in total. The Labute approximate surface area is 144 Å². The Balaban J connectivity index is 1.37. The van der Waals surface area contributed by atoms with Gasteiger partial charge in [0.05, 0.1) is 12.2 Å². The number of urea groups is 1. The fraction of sp³-hybridized carbons (Fsp3) is 0.625. The van der Waals surface area contributed by atoms with Crippen molar-refractivity contribution in [3.8, 4) is 0 Å². The largest absolute Gasteiger partial charge is 0.323 e. The molecule has 8 heteroatoms. The molecule has 0 atom stereocenters. The summed E-state index contributed by atoms with van der Waals surface area (Å²) in [5.74, 6) is 0.543. The molecule has 0 saturated heterocycles. The minimum Gasteiger partial charge on any atom is -0.322 e. The summed E-state index contributed by atoms with van der Waals surface area (Å²) in [6.45, 7) is 0.506. The van der Waals surface area contributed by atoms with Crippen LogP contribution in [0.15, 0.2) is 0 Å². The zero-order chi connectivity index (χ0) is 16.5. The van der Waals surface area contributed by atoms with E-state index in [2.05, 4.69) is 25.7 Å². The molecule has 2 aliphatic carbocycles.